The van der Waals surface area contributed by atoms with E-state index in [0.29, 0.717) is 10.8 Å². The van der Waals surface area contributed by atoms with Crippen LogP contribution >= 0.6 is 11.6 Å². The summed E-state index contributed by atoms with van der Waals surface area (Å²) in [6.45, 7) is 1.79. The highest BCUT2D eigenvalue weighted by molar-refractivity contribution is 6.32. The van der Waals surface area contributed by atoms with Crippen molar-refractivity contribution in [1.82, 2.24) is 0 Å². The molecule has 0 atom stereocenters. The second-order valence-electron chi connectivity index (χ2n) is 2.80. The Morgan fingerprint density at radius 3 is 2.86 bits per heavy atom. The monoisotopic (exact) mass is 214 g/mol. The molecule has 0 spiro atoms. The molecule has 0 bridgehead atoms. The summed E-state index contributed by atoms with van der Waals surface area (Å²) in [5.74, 6) is 0.0691. The zero-order valence-corrected chi connectivity index (χ0v) is 8.80. The van der Waals surface area contributed by atoms with E-state index in [1.165, 1.54) is 7.11 Å². The van der Waals surface area contributed by atoms with Gasteiger partial charge in [0, 0.05) is 0 Å². The molecular formula is C10H11ClO3. The molecule has 0 saturated carbocycles. The summed E-state index contributed by atoms with van der Waals surface area (Å²) >= 11 is 5.85. The van der Waals surface area contributed by atoms with Crippen LogP contribution in [0, 0.1) is 6.92 Å². The molecule has 4 heteroatoms. The number of carbonyl (C=O) groups excluding carboxylic acids is 1. The van der Waals surface area contributed by atoms with Gasteiger partial charge in [0.25, 0.3) is 0 Å². The largest absolute Gasteiger partial charge is 0.480 e. The predicted molar refractivity (Wildman–Crippen MR) is 53.7 cm³/mol. The lowest BCUT2D eigenvalue weighted by Crippen LogP contribution is -2.12. The highest BCUT2D eigenvalue weighted by Crippen LogP contribution is 2.24. The molecule has 76 valence electrons. The van der Waals surface area contributed by atoms with Gasteiger partial charge in [-0.05, 0) is 24.6 Å². The second kappa shape index (κ2) is 4.86. The third kappa shape index (κ3) is 2.92. The number of halogens is 1. The average Bonchev–Trinajstić information content (AvgIpc) is 2.19. The van der Waals surface area contributed by atoms with Crippen LogP contribution in [0.15, 0.2) is 18.2 Å². The number of esters is 1. The van der Waals surface area contributed by atoms with E-state index in [2.05, 4.69) is 4.74 Å². The molecule has 0 aliphatic carbocycles. The number of methoxy groups -OCH3 is 1. The van der Waals surface area contributed by atoms with Crippen molar-refractivity contribution in [3.05, 3.63) is 28.8 Å². The molecule has 0 aliphatic rings. The first-order valence-electron chi connectivity index (χ1n) is 4.09. The molecule has 0 amide bonds. The number of hydrogen-bond acceptors (Lipinski definition) is 3. The van der Waals surface area contributed by atoms with Crippen molar-refractivity contribution in [2.75, 3.05) is 13.7 Å². The van der Waals surface area contributed by atoms with Crippen molar-refractivity contribution >= 4 is 17.6 Å². The smallest absolute Gasteiger partial charge is 0.343 e. The van der Waals surface area contributed by atoms with Crippen LogP contribution in [0.3, 0.4) is 0 Å². The number of hydrogen-bond donors (Lipinski definition) is 0. The number of aryl methyl sites for hydroxylation is 1. The Morgan fingerprint density at radius 1 is 1.50 bits per heavy atom. The fourth-order valence-electron chi connectivity index (χ4n) is 0.917. The van der Waals surface area contributed by atoms with Crippen molar-refractivity contribution in [2.24, 2.45) is 0 Å². The Balaban J connectivity index is 2.66. The summed E-state index contributed by atoms with van der Waals surface area (Å²) in [7, 11) is 1.31. The van der Waals surface area contributed by atoms with Gasteiger partial charge in [-0.3, -0.25) is 0 Å². The lowest BCUT2D eigenvalue weighted by Gasteiger charge is -2.07. The summed E-state index contributed by atoms with van der Waals surface area (Å²) < 4.78 is 9.60. The van der Waals surface area contributed by atoms with E-state index >= 15 is 0 Å². The third-order valence-corrected chi connectivity index (χ3v) is 1.97. The fourth-order valence-corrected chi connectivity index (χ4v) is 1.09. The summed E-state index contributed by atoms with van der Waals surface area (Å²) in [6, 6.07) is 5.36. The van der Waals surface area contributed by atoms with E-state index < -0.39 is 5.97 Å². The minimum Gasteiger partial charge on any atom is -0.480 e. The average molecular weight is 215 g/mol. The van der Waals surface area contributed by atoms with Gasteiger partial charge in [0.2, 0.25) is 0 Å². The Morgan fingerprint density at radius 2 is 2.21 bits per heavy atom. The first-order chi connectivity index (χ1) is 6.63. The zero-order chi connectivity index (χ0) is 10.6. The van der Waals surface area contributed by atoms with Gasteiger partial charge in [0.1, 0.15) is 5.75 Å². The topological polar surface area (TPSA) is 35.5 Å². The Labute approximate surface area is 87.6 Å². The molecule has 1 aromatic rings. The number of carbonyl (C=O) groups is 1. The maximum atomic E-state index is 10.8. The number of rotatable bonds is 3. The summed E-state index contributed by atoms with van der Waals surface area (Å²) in [5.41, 5.74) is 1.02. The zero-order valence-electron chi connectivity index (χ0n) is 8.04. The van der Waals surface area contributed by atoms with Crippen LogP contribution in [-0.4, -0.2) is 19.7 Å². The quantitative estimate of drug-likeness (QED) is 0.724. The van der Waals surface area contributed by atoms with E-state index in [-0.39, 0.29) is 6.61 Å². The first kappa shape index (κ1) is 10.9. The van der Waals surface area contributed by atoms with Gasteiger partial charge in [-0.1, -0.05) is 17.7 Å². The van der Waals surface area contributed by atoms with Crippen molar-refractivity contribution in [3.63, 3.8) is 0 Å². The molecule has 0 aliphatic heterocycles. The molecule has 0 saturated heterocycles. The van der Waals surface area contributed by atoms with Gasteiger partial charge in [-0.15, -0.1) is 0 Å². The van der Waals surface area contributed by atoms with E-state index in [4.69, 9.17) is 16.3 Å². The number of ether oxygens (including phenoxy) is 2. The van der Waals surface area contributed by atoms with Crippen LogP contribution in [0.25, 0.3) is 0 Å². The van der Waals surface area contributed by atoms with Gasteiger partial charge in [0.05, 0.1) is 12.1 Å². The minimum atomic E-state index is -0.428. The Kier molecular flexibility index (Phi) is 3.77. The van der Waals surface area contributed by atoms with E-state index in [9.17, 15) is 4.79 Å². The van der Waals surface area contributed by atoms with Crippen LogP contribution in [-0.2, 0) is 9.53 Å². The summed E-state index contributed by atoms with van der Waals surface area (Å²) in [4.78, 5) is 10.8. The summed E-state index contributed by atoms with van der Waals surface area (Å²) in [5, 5.41) is 0.486. The lowest BCUT2D eigenvalue weighted by molar-refractivity contribution is -0.142. The van der Waals surface area contributed by atoms with Crippen molar-refractivity contribution in [1.29, 1.82) is 0 Å². The van der Waals surface area contributed by atoms with E-state index in [0.717, 1.165) is 5.56 Å². The van der Waals surface area contributed by atoms with Crippen LogP contribution in [0.5, 0.6) is 5.75 Å². The van der Waals surface area contributed by atoms with E-state index in [1.54, 1.807) is 12.1 Å². The molecule has 0 N–H and O–H groups in total. The minimum absolute atomic E-state index is 0.125. The van der Waals surface area contributed by atoms with Crippen LogP contribution in [0.1, 0.15) is 5.56 Å². The van der Waals surface area contributed by atoms with Crippen molar-refractivity contribution < 1.29 is 14.3 Å². The van der Waals surface area contributed by atoms with E-state index in [1.807, 2.05) is 13.0 Å². The highest BCUT2D eigenvalue weighted by atomic mass is 35.5. The van der Waals surface area contributed by atoms with Crippen LogP contribution in [0.2, 0.25) is 5.02 Å². The van der Waals surface area contributed by atoms with Gasteiger partial charge in [-0.25, -0.2) is 4.79 Å². The molecule has 0 aromatic heterocycles. The summed E-state index contributed by atoms with van der Waals surface area (Å²) in [6.07, 6.45) is 0. The van der Waals surface area contributed by atoms with Gasteiger partial charge >= 0.3 is 5.97 Å². The molecule has 1 rings (SSSR count). The first-order valence-corrected chi connectivity index (χ1v) is 4.47. The Bertz CT molecular complexity index is 336. The normalized spacial score (nSPS) is 9.64. The second-order valence-corrected chi connectivity index (χ2v) is 3.21. The molecule has 0 radical (unpaired) electrons. The van der Waals surface area contributed by atoms with Crippen LogP contribution in [0.4, 0.5) is 0 Å². The van der Waals surface area contributed by atoms with Gasteiger partial charge < -0.3 is 9.47 Å². The lowest BCUT2D eigenvalue weighted by atomic mass is 10.2. The van der Waals surface area contributed by atoms with Gasteiger partial charge in [0.15, 0.2) is 6.61 Å². The maximum absolute atomic E-state index is 10.8. The SMILES string of the molecule is COC(=O)COc1cc(C)ccc1Cl. The van der Waals surface area contributed by atoms with Crippen molar-refractivity contribution in [2.45, 2.75) is 6.92 Å². The molecule has 1 aromatic carbocycles. The standard InChI is InChI=1S/C10H11ClO3/c1-7-3-4-8(11)9(5-7)14-6-10(12)13-2/h3-5H,6H2,1-2H3. The fraction of sp³-hybridized carbons (Fsp3) is 0.300. The molecule has 0 fully saturated rings. The number of benzene rings is 1. The maximum Gasteiger partial charge on any atom is 0.343 e. The molecule has 0 heterocycles. The molecular weight excluding hydrogens is 204 g/mol. The highest BCUT2D eigenvalue weighted by Gasteiger charge is 2.05. The Hall–Kier alpha value is -1.22. The molecule has 3 nitrogen and oxygen atoms in total. The third-order valence-electron chi connectivity index (χ3n) is 1.66. The molecule has 0 unspecified atom stereocenters. The van der Waals surface area contributed by atoms with Crippen LogP contribution < -0.4 is 4.74 Å². The van der Waals surface area contributed by atoms with Crippen molar-refractivity contribution in [3.8, 4) is 5.75 Å². The molecule has 14 heavy (non-hydrogen) atoms. The van der Waals surface area contributed by atoms with Gasteiger partial charge in [-0.2, -0.15) is 0 Å². The predicted octanol–water partition coefficient (Wildman–Crippen LogP) is 2.20.